The third-order valence-electron chi connectivity index (χ3n) is 6.33. The van der Waals surface area contributed by atoms with Gasteiger partial charge in [0.25, 0.3) is 6.43 Å². The first-order valence-electron chi connectivity index (χ1n) is 11.4. The van der Waals surface area contributed by atoms with Gasteiger partial charge in [0.1, 0.15) is 16.0 Å². The van der Waals surface area contributed by atoms with Crippen LogP contribution in [0.15, 0.2) is 48.5 Å². The molecule has 0 radical (unpaired) electrons. The number of halogens is 9. The van der Waals surface area contributed by atoms with Gasteiger partial charge < -0.3 is 5.32 Å². The van der Waals surface area contributed by atoms with Crippen LogP contribution in [-0.2, 0) is 22.4 Å². The molecule has 0 saturated heterocycles. The van der Waals surface area contributed by atoms with Gasteiger partial charge in [-0.3, -0.25) is 14.4 Å². The van der Waals surface area contributed by atoms with E-state index in [-0.39, 0.29) is 21.8 Å². The zero-order valence-corrected chi connectivity index (χ0v) is 23.7. The van der Waals surface area contributed by atoms with Crippen molar-refractivity contribution in [2.75, 3.05) is 5.32 Å². The van der Waals surface area contributed by atoms with Crippen molar-refractivity contribution >= 4 is 81.2 Å². The van der Waals surface area contributed by atoms with Crippen molar-refractivity contribution in [3.63, 3.8) is 0 Å². The Labute approximate surface area is 250 Å². The maximum absolute atomic E-state index is 14.9. The third kappa shape index (κ3) is 6.42. The average Bonchev–Trinajstić information content (AvgIpc) is 3.45. The van der Waals surface area contributed by atoms with Crippen molar-refractivity contribution < 1.29 is 31.9 Å². The number of ketones is 2. The van der Waals surface area contributed by atoms with Crippen LogP contribution in [-0.4, -0.2) is 28.2 Å². The molecule has 0 aromatic heterocycles. The summed E-state index contributed by atoms with van der Waals surface area (Å²) in [6.07, 6.45) is -5.21. The minimum Gasteiger partial charge on any atom is -0.326 e. The molecule has 4 nitrogen and oxygen atoms in total. The van der Waals surface area contributed by atoms with Gasteiger partial charge >= 0.3 is 0 Å². The van der Waals surface area contributed by atoms with Gasteiger partial charge in [-0.05, 0) is 53.6 Å². The third-order valence-corrected chi connectivity index (χ3v) is 8.03. The van der Waals surface area contributed by atoms with Gasteiger partial charge in [-0.25, -0.2) is 17.6 Å². The summed E-state index contributed by atoms with van der Waals surface area (Å²) in [7, 11) is 0. The van der Waals surface area contributed by atoms with Gasteiger partial charge in [0.2, 0.25) is 11.7 Å². The molecule has 1 N–H and O–H groups in total. The standard InChI is InChI=1S/C27H16Cl5F4NO3/c28-13-5-12(6-14(29)8-13)22-23(27(22,31)32)26(40)37-15-2-3-18(30)16(9-15)20(38)7-11-1-4-19(33)17(24(11)34)10-21(39)25(35)36/h1-6,8-9,22-23,25H,7,10H2,(H,37,40)/t22-,23+/m0/s1. The monoisotopic (exact) mass is 653 g/mol. The first-order valence-corrected chi connectivity index (χ1v) is 13.3. The lowest BCUT2D eigenvalue weighted by Gasteiger charge is -2.11. The number of Topliss-reactive ketones (excluding diaryl/α,β-unsaturated/α-hetero) is 2. The smallest absolute Gasteiger partial charge is 0.296 e. The Morgan fingerprint density at radius 2 is 1.55 bits per heavy atom. The summed E-state index contributed by atoms with van der Waals surface area (Å²) in [6.45, 7) is 0. The molecule has 1 saturated carbocycles. The summed E-state index contributed by atoms with van der Waals surface area (Å²) in [4.78, 5) is 37.3. The quantitative estimate of drug-likeness (QED) is 0.144. The fourth-order valence-electron chi connectivity index (χ4n) is 4.32. The Morgan fingerprint density at radius 1 is 0.900 bits per heavy atom. The second kappa shape index (κ2) is 11.9. The van der Waals surface area contributed by atoms with Crippen LogP contribution in [0, 0.1) is 17.6 Å². The number of hydrogen-bond donors (Lipinski definition) is 1. The van der Waals surface area contributed by atoms with Crippen LogP contribution in [0.2, 0.25) is 15.1 Å². The van der Waals surface area contributed by atoms with E-state index in [4.69, 9.17) is 58.0 Å². The molecule has 4 rings (SSSR count). The summed E-state index contributed by atoms with van der Waals surface area (Å²) < 4.78 is 52.6. The van der Waals surface area contributed by atoms with Crippen molar-refractivity contribution in [1.29, 1.82) is 0 Å². The van der Waals surface area contributed by atoms with Gasteiger partial charge in [-0.15, -0.1) is 23.2 Å². The van der Waals surface area contributed by atoms with Gasteiger partial charge in [-0.2, -0.15) is 0 Å². The Bertz CT molecular complexity index is 1510. The van der Waals surface area contributed by atoms with Crippen LogP contribution in [0.4, 0.5) is 23.2 Å². The summed E-state index contributed by atoms with van der Waals surface area (Å²) in [5.74, 6) is -6.94. The highest BCUT2D eigenvalue weighted by atomic mass is 35.5. The molecule has 210 valence electrons. The van der Waals surface area contributed by atoms with Crippen molar-refractivity contribution in [1.82, 2.24) is 0 Å². The van der Waals surface area contributed by atoms with Gasteiger partial charge in [0.15, 0.2) is 5.78 Å². The second-order valence-electron chi connectivity index (χ2n) is 9.06. The molecule has 3 aromatic rings. The fraction of sp³-hybridized carbons (Fsp3) is 0.222. The second-order valence-corrected chi connectivity index (χ2v) is 11.8. The van der Waals surface area contributed by atoms with Crippen LogP contribution in [0.25, 0.3) is 0 Å². The largest absolute Gasteiger partial charge is 0.326 e. The van der Waals surface area contributed by atoms with Crippen LogP contribution < -0.4 is 5.32 Å². The van der Waals surface area contributed by atoms with E-state index < -0.39 is 70.1 Å². The van der Waals surface area contributed by atoms with Crippen molar-refractivity contribution in [3.05, 3.63) is 97.5 Å². The minimum absolute atomic E-state index is 0.0273. The highest BCUT2D eigenvalue weighted by Crippen LogP contribution is 2.65. The first kappa shape index (κ1) is 30.6. The molecule has 40 heavy (non-hydrogen) atoms. The maximum Gasteiger partial charge on any atom is 0.296 e. The highest BCUT2D eigenvalue weighted by Gasteiger charge is 2.67. The Hall–Kier alpha value is -2.36. The Morgan fingerprint density at radius 3 is 2.17 bits per heavy atom. The minimum atomic E-state index is -3.40. The lowest BCUT2D eigenvalue weighted by molar-refractivity contribution is -0.128. The lowest BCUT2D eigenvalue weighted by atomic mass is 9.98. The first-order chi connectivity index (χ1) is 18.7. The molecule has 1 fully saturated rings. The lowest BCUT2D eigenvalue weighted by Crippen LogP contribution is -2.18. The normalized spacial score (nSPS) is 17.6. The van der Waals surface area contributed by atoms with E-state index in [0.29, 0.717) is 15.6 Å². The molecule has 2 atom stereocenters. The summed E-state index contributed by atoms with van der Waals surface area (Å²) in [5, 5.41) is 3.26. The SMILES string of the molecule is O=C(Cc1ccc(F)c(CC(=O)C(F)F)c1F)c1cc(NC(=O)[C@H]2[C@H](c3cc(Cl)cc(Cl)c3)C2(Cl)Cl)ccc1Cl. The van der Waals surface area contributed by atoms with Crippen LogP contribution in [0.5, 0.6) is 0 Å². The van der Waals surface area contributed by atoms with Crippen molar-refractivity contribution in [3.8, 4) is 0 Å². The van der Waals surface area contributed by atoms with Gasteiger partial charge in [0, 0.05) is 45.6 Å². The fourth-order valence-corrected chi connectivity index (χ4v) is 5.92. The summed E-state index contributed by atoms with van der Waals surface area (Å²) in [6, 6.07) is 10.4. The molecule has 0 unspecified atom stereocenters. The van der Waals surface area contributed by atoms with E-state index in [9.17, 15) is 31.9 Å². The number of amides is 1. The number of rotatable bonds is 9. The predicted molar refractivity (Wildman–Crippen MR) is 146 cm³/mol. The number of nitrogens with one attached hydrogen (secondary N) is 1. The predicted octanol–water partition coefficient (Wildman–Crippen LogP) is 8.25. The Balaban J connectivity index is 1.52. The molecular formula is C27H16Cl5F4NO3. The van der Waals surface area contributed by atoms with Crippen molar-refractivity contribution in [2.45, 2.75) is 29.5 Å². The number of hydrogen-bond acceptors (Lipinski definition) is 3. The molecule has 1 aliphatic carbocycles. The van der Waals surface area contributed by atoms with E-state index in [1.807, 2.05) is 0 Å². The number of carbonyl (C=O) groups excluding carboxylic acids is 3. The molecule has 0 heterocycles. The zero-order chi connectivity index (χ0) is 29.5. The van der Waals surface area contributed by atoms with E-state index in [1.165, 1.54) is 24.3 Å². The molecule has 1 aliphatic rings. The van der Waals surface area contributed by atoms with Crippen LogP contribution in [0.3, 0.4) is 0 Å². The highest BCUT2D eigenvalue weighted by molar-refractivity contribution is 6.53. The van der Waals surface area contributed by atoms with Crippen molar-refractivity contribution in [2.24, 2.45) is 5.92 Å². The molecule has 3 aromatic carbocycles. The number of anilines is 1. The van der Waals surface area contributed by atoms with Gasteiger partial charge in [-0.1, -0.05) is 40.9 Å². The van der Waals surface area contributed by atoms with Gasteiger partial charge in [0.05, 0.1) is 10.9 Å². The Kier molecular flexibility index (Phi) is 9.07. The molecule has 13 heteroatoms. The van der Waals surface area contributed by atoms with Crippen LogP contribution >= 0.6 is 58.0 Å². The van der Waals surface area contributed by atoms with E-state index in [1.54, 1.807) is 12.1 Å². The number of alkyl halides is 4. The molecule has 0 aliphatic heterocycles. The number of benzene rings is 3. The summed E-state index contributed by atoms with van der Waals surface area (Å²) >= 11 is 31.0. The summed E-state index contributed by atoms with van der Waals surface area (Å²) in [5.41, 5.74) is -0.590. The average molecular weight is 656 g/mol. The van der Waals surface area contributed by atoms with Crippen LogP contribution in [0.1, 0.15) is 33.0 Å². The topological polar surface area (TPSA) is 63.2 Å². The molecule has 0 spiro atoms. The zero-order valence-electron chi connectivity index (χ0n) is 19.9. The molecule has 1 amide bonds. The van der Waals surface area contributed by atoms with E-state index in [2.05, 4.69) is 5.32 Å². The molecule has 0 bridgehead atoms. The van der Waals surface area contributed by atoms with E-state index >= 15 is 0 Å². The molecular weight excluding hydrogens is 640 g/mol. The number of carbonyl (C=O) groups is 3. The van der Waals surface area contributed by atoms with E-state index in [0.717, 1.165) is 12.1 Å². The maximum atomic E-state index is 14.9.